The zero-order chi connectivity index (χ0) is 53.4. The van der Waals surface area contributed by atoms with Crippen LogP contribution in [0.5, 0.6) is 23.0 Å². The number of benzene rings is 2. The van der Waals surface area contributed by atoms with Crippen molar-refractivity contribution in [3.8, 4) is 23.0 Å². The first-order chi connectivity index (χ1) is 36.3. The number of guanidine groups is 1. The van der Waals surface area contributed by atoms with Gasteiger partial charge >= 0.3 is 5.97 Å². The molecule has 0 fully saturated rings. The third kappa shape index (κ3) is 35.8. The van der Waals surface area contributed by atoms with E-state index in [0.29, 0.717) is 54.1 Å². The van der Waals surface area contributed by atoms with Crippen LogP contribution in [0.2, 0.25) is 0 Å². The molecule has 0 heterocycles. The highest BCUT2D eigenvalue weighted by Gasteiger charge is 2.21. The van der Waals surface area contributed by atoms with E-state index in [0.717, 1.165) is 44.5 Å². The number of esters is 1. The maximum Gasteiger partial charge on any atom is 0.343 e. The number of hydrogen-bond acceptors (Lipinski definition) is 6. The maximum atomic E-state index is 14.1. The van der Waals surface area contributed by atoms with Crippen molar-refractivity contribution in [1.82, 2.24) is 9.80 Å². The minimum atomic E-state index is -0.465. The highest BCUT2D eigenvalue weighted by molar-refractivity contribution is 5.93. The average molecular weight is 1030 g/mol. The molecule has 2 aromatic rings. The van der Waals surface area contributed by atoms with Crippen LogP contribution in [0.25, 0.3) is 0 Å². The van der Waals surface area contributed by atoms with Crippen LogP contribution in [0.1, 0.15) is 301 Å². The topological polar surface area (TPSA) is 72.8 Å². The molecular weight excluding hydrogens is 915 g/mol. The average Bonchev–Trinajstić information content (AvgIpc) is 3.39. The minimum Gasteiger partial charge on any atom is -0.490 e. The van der Waals surface area contributed by atoms with Gasteiger partial charge in [0.25, 0.3) is 0 Å². The Hall–Kier alpha value is -3.42. The molecule has 0 aromatic heterocycles. The predicted octanol–water partition coefficient (Wildman–Crippen LogP) is 20.6. The number of carbonyl (C=O) groups is 1. The van der Waals surface area contributed by atoms with Gasteiger partial charge in [-0.25, -0.2) is 9.79 Å². The lowest BCUT2D eigenvalue weighted by Crippen LogP contribution is -2.35. The van der Waals surface area contributed by atoms with Crippen LogP contribution in [0.3, 0.4) is 0 Å². The molecule has 0 saturated carbocycles. The van der Waals surface area contributed by atoms with Crippen molar-refractivity contribution >= 4 is 17.6 Å². The summed E-state index contributed by atoms with van der Waals surface area (Å²) in [4.78, 5) is 22.8. The molecule has 0 amide bonds. The zero-order valence-electron chi connectivity index (χ0n) is 49.7. The minimum absolute atomic E-state index is 0.386. The van der Waals surface area contributed by atoms with Gasteiger partial charge in [0.05, 0.1) is 31.1 Å². The first-order valence-corrected chi connectivity index (χ1v) is 31.6. The fourth-order valence-corrected chi connectivity index (χ4v) is 9.98. The summed E-state index contributed by atoms with van der Waals surface area (Å²) in [6.07, 6.45) is 55.1. The second kappa shape index (κ2) is 48.0. The van der Waals surface area contributed by atoms with E-state index in [-0.39, 0.29) is 0 Å². The Labute approximate surface area is 457 Å². The van der Waals surface area contributed by atoms with E-state index in [9.17, 15) is 4.79 Å². The number of rotatable bonds is 51. The van der Waals surface area contributed by atoms with Crippen LogP contribution in [0, 0.1) is 0 Å². The van der Waals surface area contributed by atoms with E-state index in [1.165, 1.54) is 231 Å². The molecule has 0 spiro atoms. The fraction of sp³-hybridized carbons (Fsp3) is 0.788. The van der Waals surface area contributed by atoms with Gasteiger partial charge in [-0.05, 0) is 43.5 Å². The Morgan fingerprint density at radius 3 is 1.00 bits per heavy atom. The zero-order valence-corrected chi connectivity index (χ0v) is 49.7. The number of aliphatic imine (C=N–C) groups is 1. The lowest BCUT2D eigenvalue weighted by molar-refractivity contribution is 0.0733. The van der Waals surface area contributed by atoms with Gasteiger partial charge < -0.3 is 28.7 Å². The number of carbonyl (C=O) groups excluding carboxylic acids is 1. The largest absolute Gasteiger partial charge is 0.490 e. The molecule has 0 aliphatic heterocycles. The van der Waals surface area contributed by atoms with Crippen molar-refractivity contribution in [2.75, 3.05) is 48.0 Å². The number of nitrogens with zero attached hydrogens (tertiary/aromatic N) is 3. The molecule has 0 aliphatic rings. The first kappa shape index (κ1) is 66.7. The van der Waals surface area contributed by atoms with Crippen LogP contribution in [0.4, 0.5) is 5.69 Å². The lowest BCUT2D eigenvalue weighted by Gasteiger charge is -2.22. The third-order valence-corrected chi connectivity index (χ3v) is 14.6. The van der Waals surface area contributed by atoms with Crippen molar-refractivity contribution in [1.29, 1.82) is 0 Å². The highest BCUT2D eigenvalue weighted by Crippen LogP contribution is 2.40. The second-order valence-electron chi connectivity index (χ2n) is 22.2. The van der Waals surface area contributed by atoms with Gasteiger partial charge in [0.1, 0.15) is 5.75 Å². The normalized spacial score (nSPS) is 11.2. The van der Waals surface area contributed by atoms with Crippen molar-refractivity contribution in [2.24, 2.45) is 4.99 Å². The van der Waals surface area contributed by atoms with Crippen LogP contribution >= 0.6 is 0 Å². The van der Waals surface area contributed by atoms with Gasteiger partial charge in [-0.2, -0.15) is 0 Å². The SMILES string of the molecule is CCCCCCCCCCCCCCCCOc1cc(C(=O)Oc2cccc(N=C(N(C)C)N(C)C)c2)cc(OCCCCCCCCCCCCCCCC)c1OCCCCCCCCCCCCCCCC. The number of ether oxygens (including phenoxy) is 4. The summed E-state index contributed by atoms with van der Waals surface area (Å²) in [5, 5.41) is 0. The smallest absolute Gasteiger partial charge is 0.343 e. The van der Waals surface area contributed by atoms with Gasteiger partial charge in [-0.15, -0.1) is 0 Å². The van der Waals surface area contributed by atoms with Gasteiger partial charge in [-0.3, -0.25) is 0 Å². The number of unbranched alkanes of at least 4 members (excludes halogenated alkanes) is 39. The van der Waals surface area contributed by atoms with Gasteiger partial charge in [-0.1, -0.05) is 277 Å². The molecule has 2 aromatic carbocycles. The Kier molecular flexibility index (Phi) is 43.2. The Balaban J connectivity index is 2.11. The van der Waals surface area contributed by atoms with Crippen molar-refractivity contribution in [3.63, 3.8) is 0 Å². The standard InChI is InChI=1S/C66H117N3O5/c1-8-11-14-17-20-23-26-29-32-35-38-41-44-47-53-71-62-56-59(65(70)74-61-52-50-51-60(58-61)67-66(68(4)5)69(6)7)57-63(72-54-48-45-42-39-36-33-30-27-24-21-18-15-12-9-2)64(62)73-55-49-46-43-40-37-34-31-28-25-22-19-16-13-10-3/h50-52,56-58H,8-49,53-55H2,1-7H3. The summed E-state index contributed by atoms with van der Waals surface area (Å²) in [7, 11) is 7.87. The summed E-state index contributed by atoms with van der Waals surface area (Å²) in [5.41, 5.74) is 1.09. The van der Waals surface area contributed by atoms with Crippen molar-refractivity contribution < 1.29 is 23.7 Å². The van der Waals surface area contributed by atoms with E-state index in [4.69, 9.17) is 23.9 Å². The summed E-state index contributed by atoms with van der Waals surface area (Å²) < 4.78 is 25.9. The maximum absolute atomic E-state index is 14.1. The quantitative estimate of drug-likeness (QED) is 0.0215. The van der Waals surface area contributed by atoms with Gasteiger partial charge in [0.15, 0.2) is 11.5 Å². The lowest BCUT2D eigenvalue weighted by atomic mass is 10.0. The summed E-state index contributed by atoms with van der Waals surface area (Å²) in [5.74, 6) is 2.50. The molecule has 2 rings (SSSR count). The Bertz CT molecular complexity index is 1560. The van der Waals surface area contributed by atoms with Crippen molar-refractivity contribution in [2.45, 2.75) is 290 Å². The van der Waals surface area contributed by atoms with E-state index in [1.54, 1.807) is 12.1 Å². The third-order valence-electron chi connectivity index (χ3n) is 14.6. The monoisotopic (exact) mass is 1030 g/mol. The molecule has 74 heavy (non-hydrogen) atoms. The highest BCUT2D eigenvalue weighted by atomic mass is 16.5. The summed E-state index contributed by atoms with van der Waals surface area (Å²) in [6, 6.07) is 11.0. The molecule has 0 radical (unpaired) electrons. The molecule has 0 bridgehead atoms. The van der Waals surface area contributed by atoms with Crippen LogP contribution < -0.4 is 18.9 Å². The Morgan fingerprint density at radius 1 is 0.392 bits per heavy atom. The molecule has 8 heteroatoms. The van der Waals surface area contributed by atoms with E-state index in [1.807, 2.05) is 62.3 Å². The molecule has 426 valence electrons. The van der Waals surface area contributed by atoms with Crippen LogP contribution in [0.15, 0.2) is 41.4 Å². The molecule has 0 unspecified atom stereocenters. The molecule has 0 aliphatic carbocycles. The summed E-state index contributed by atoms with van der Waals surface area (Å²) in [6.45, 7) is 8.58. The fourth-order valence-electron chi connectivity index (χ4n) is 9.98. The van der Waals surface area contributed by atoms with E-state index in [2.05, 4.69) is 20.8 Å². The molecule has 0 atom stereocenters. The first-order valence-electron chi connectivity index (χ1n) is 31.6. The molecule has 0 saturated heterocycles. The number of hydrogen-bond donors (Lipinski definition) is 0. The molecule has 0 N–H and O–H groups in total. The second-order valence-corrected chi connectivity index (χ2v) is 22.2. The Morgan fingerprint density at radius 2 is 0.689 bits per heavy atom. The van der Waals surface area contributed by atoms with Crippen LogP contribution in [-0.2, 0) is 0 Å². The van der Waals surface area contributed by atoms with Crippen molar-refractivity contribution in [3.05, 3.63) is 42.0 Å². The molecule has 8 nitrogen and oxygen atoms in total. The molecular formula is C66H117N3O5. The predicted molar refractivity (Wildman–Crippen MR) is 320 cm³/mol. The van der Waals surface area contributed by atoms with Gasteiger partial charge in [0, 0.05) is 34.3 Å². The van der Waals surface area contributed by atoms with Gasteiger partial charge in [0.2, 0.25) is 11.7 Å². The van der Waals surface area contributed by atoms with E-state index >= 15 is 0 Å². The van der Waals surface area contributed by atoms with E-state index < -0.39 is 5.97 Å². The summed E-state index contributed by atoms with van der Waals surface area (Å²) >= 11 is 0. The van der Waals surface area contributed by atoms with Crippen LogP contribution in [-0.4, -0.2) is 69.7 Å².